The Morgan fingerprint density at radius 3 is 2.69 bits per heavy atom. The van der Waals surface area contributed by atoms with Gasteiger partial charge in [-0.25, -0.2) is 4.98 Å². The fourth-order valence-corrected chi connectivity index (χ4v) is 1.37. The molecule has 2 aromatic rings. The molecule has 0 aliphatic carbocycles. The van der Waals surface area contributed by atoms with Gasteiger partial charge in [0.15, 0.2) is 11.6 Å². The molecule has 1 N–H and O–H groups in total. The Morgan fingerprint density at radius 1 is 1.31 bits per heavy atom. The summed E-state index contributed by atoms with van der Waals surface area (Å²) in [4.78, 5) is 4.24. The standard InChI is InChI=1S/C11H12ClN3O/c1-2-10-13-11(15-14-10)7-16-9-5-3-8(12)4-6-9/h3-6H,2,7H2,1H3,(H,13,14,15). The highest BCUT2D eigenvalue weighted by atomic mass is 35.5. The molecule has 0 bridgehead atoms. The van der Waals surface area contributed by atoms with Crippen LogP contribution in [0.4, 0.5) is 0 Å². The smallest absolute Gasteiger partial charge is 0.162 e. The highest BCUT2D eigenvalue weighted by Gasteiger charge is 2.01. The number of aromatic amines is 1. The maximum absolute atomic E-state index is 5.77. The molecule has 1 aromatic carbocycles. The van der Waals surface area contributed by atoms with Gasteiger partial charge in [0.2, 0.25) is 0 Å². The van der Waals surface area contributed by atoms with E-state index in [1.807, 2.05) is 19.1 Å². The zero-order valence-electron chi connectivity index (χ0n) is 8.90. The van der Waals surface area contributed by atoms with Crippen LogP contribution in [-0.2, 0) is 13.0 Å². The lowest BCUT2D eigenvalue weighted by Gasteiger charge is -2.02. The minimum atomic E-state index is 0.384. The molecule has 0 saturated heterocycles. The number of H-pyrrole nitrogens is 1. The summed E-state index contributed by atoms with van der Waals surface area (Å²) >= 11 is 5.77. The van der Waals surface area contributed by atoms with Gasteiger partial charge >= 0.3 is 0 Å². The third-order valence-corrected chi connectivity index (χ3v) is 2.34. The predicted molar refractivity (Wildman–Crippen MR) is 61.5 cm³/mol. The molecule has 5 heteroatoms. The number of aromatic nitrogens is 3. The quantitative estimate of drug-likeness (QED) is 0.889. The Morgan fingerprint density at radius 2 is 2.06 bits per heavy atom. The van der Waals surface area contributed by atoms with Crippen LogP contribution < -0.4 is 4.74 Å². The number of nitrogens with zero attached hydrogens (tertiary/aromatic N) is 2. The minimum absolute atomic E-state index is 0.384. The third-order valence-electron chi connectivity index (χ3n) is 2.08. The van der Waals surface area contributed by atoms with Crippen molar-refractivity contribution in [3.63, 3.8) is 0 Å². The van der Waals surface area contributed by atoms with Gasteiger partial charge in [-0.15, -0.1) is 0 Å². The number of hydrogen-bond donors (Lipinski definition) is 1. The second-order valence-corrected chi connectivity index (χ2v) is 3.73. The first-order valence-corrected chi connectivity index (χ1v) is 5.44. The molecule has 1 heterocycles. The van der Waals surface area contributed by atoms with Crippen molar-refractivity contribution in [2.45, 2.75) is 20.0 Å². The van der Waals surface area contributed by atoms with Crippen LogP contribution in [0.15, 0.2) is 24.3 Å². The lowest BCUT2D eigenvalue weighted by Crippen LogP contribution is -1.97. The zero-order valence-corrected chi connectivity index (χ0v) is 9.66. The van der Waals surface area contributed by atoms with Crippen LogP contribution in [0.5, 0.6) is 5.75 Å². The highest BCUT2D eigenvalue weighted by Crippen LogP contribution is 2.16. The summed E-state index contributed by atoms with van der Waals surface area (Å²) in [5.74, 6) is 2.29. The van der Waals surface area contributed by atoms with Crippen LogP contribution in [0.2, 0.25) is 5.02 Å². The van der Waals surface area contributed by atoms with Crippen LogP contribution in [0.1, 0.15) is 18.6 Å². The lowest BCUT2D eigenvalue weighted by atomic mass is 10.3. The van der Waals surface area contributed by atoms with Crippen LogP contribution in [0.25, 0.3) is 0 Å². The van der Waals surface area contributed by atoms with E-state index in [2.05, 4.69) is 15.2 Å². The van der Waals surface area contributed by atoms with Crippen molar-refractivity contribution >= 4 is 11.6 Å². The summed E-state index contributed by atoms with van der Waals surface area (Å²) in [6.45, 7) is 2.39. The number of rotatable bonds is 4. The summed E-state index contributed by atoms with van der Waals surface area (Å²) in [7, 11) is 0. The average Bonchev–Trinajstić information content (AvgIpc) is 2.76. The van der Waals surface area contributed by atoms with E-state index in [1.54, 1.807) is 12.1 Å². The van der Waals surface area contributed by atoms with E-state index in [0.717, 1.165) is 23.8 Å². The van der Waals surface area contributed by atoms with E-state index in [1.165, 1.54) is 0 Å². The molecule has 0 spiro atoms. The largest absolute Gasteiger partial charge is 0.486 e. The molecule has 0 aliphatic rings. The van der Waals surface area contributed by atoms with Crippen LogP contribution in [0.3, 0.4) is 0 Å². The number of aryl methyl sites for hydroxylation is 1. The van der Waals surface area contributed by atoms with Gasteiger partial charge < -0.3 is 4.74 Å². The zero-order chi connectivity index (χ0) is 11.4. The summed E-state index contributed by atoms with van der Waals surface area (Å²) in [5.41, 5.74) is 0. The topological polar surface area (TPSA) is 50.8 Å². The third kappa shape index (κ3) is 2.73. The molecule has 4 nitrogen and oxygen atoms in total. The van der Waals surface area contributed by atoms with Crippen molar-refractivity contribution in [1.82, 2.24) is 15.2 Å². The number of benzene rings is 1. The molecule has 84 valence electrons. The normalized spacial score (nSPS) is 10.4. The van der Waals surface area contributed by atoms with E-state index in [-0.39, 0.29) is 0 Å². The molecule has 16 heavy (non-hydrogen) atoms. The molecule has 0 atom stereocenters. The van der Waals surface area contributed by atoms with E-state index in [4.69, 9.17) is 16.3 Å². The molecule has 0 unspecified atom stereocenters. The predicted octanol–water partition coefficient (Wildman–Crippen LogP) is 2.60. The molecule has 0 fully saturated rings. The van der Waals surface area contributed by atoms with Gasteiger partial charge in [0.25, 0.3) is 0 Å². The van der Waals surface area contributed by atoms with Gasteiger partial charge in [-0.2, -0.15) is 5.10 Å². The summed E-state index contributed by atoms with van der Waals surface area (Å²) in [5, 5.41) is 7.54. The number of ether oxygens (including phenoxy) is 1. The molecule has 0 saturated carbocycles. The molecule has 0 aliphatic heterocycles. The van der Waals surface area contributed by atoms with E-state index >= 15 is 0 Å². The van der Waals surface area contributed by atoms with Gasteiger partial charge in [0.05, 0.1) is 0 Å². The van der Waals surface area contributed by atoms with E-state index < -0.39 is 0 Å². The second-order valence-electron chi connectivity index (χ2n) is 3.29. The maximum Gasteiger partial charge on any atom is 0.162 e. The Kier molecular flexibility index (Phi) is 3.41. The monoisotopic (exact) mass is 237 g/mol. The van der Waals surface area contributed by atoms with Gasteiger partial charge in [-0.1, -0.05) is 18.5 Å². The molecule has 2 rings (SSSR count). The first kappa shape index (κ1) is 11.0. The second kappa shape index (κ2) is 4.99. The minimum Gasteiger partial charge on any atom is -0.486 e. The van der Waals surface area contributed by atoms with Crippen LogP contribution in [0, 0.1) is 0 Å². The van der Waals surface area contributed by atoms with Crippen molar-refractivity contribution < 1.29 is 4.74 Å². The van der Waals surface area contributed by atoms with Gasteiger partial charge in [-0.05, 0) is 24.3 Å². The number of nitrogens with one attached hydrogen (secondary N) is 1. The van der Waals surface area contributed by atoms with Crippen molar-refractivity contribution in [3.05, 3.63) is 40.9 Å². The fraction of sp³-hybridized carbons (Fsp3) is 0.273. The molecule has 0 amide bonds. The van der Waals surface area contributed by atoms with Gasteiger partial charge in [0.1, 0.15) is 12.4 Å². The molecular formula is C11H12ClN3O. The summed E-state index contributed by atoms with van der Waals surface area (Å²) < 4.78 is 5.51. The van der Waals surface area contributed by atoms with Crippen LogP contribution in [-0.4, -0.2) is 15.2 Å². The van der Waals surface area contributed by atoms with Crippen molar-refractivity contribution in [2.75, 3.05) is 0 Å². The van der Waals surface area contributed by atoms with Gasteiger partial charge in [-0.3, -0.25) is 5.10 Å². The molecular weight excluding hydrogens is 226 g/mol. The van der Waals surface area contributed by atoms with Crippen molar-refractivity contribution in [2.24, 2.45) is 0 Å². The Hall–Kier alpha value is -1.55. The van der Waals surface area contributed by atoms with Crippen LogP contribution >= 0.6 is 11.6 Å². The Labute approximate surface area is 98.6 Å². The van der Waals surface area contributed by atoms with Gasteiger partial charge in [0, 0.05) is 11.4 Å². The van der Waals surface area contributed by atoms with E-state index in [0.29, 0.717) is 11.6 Å². The summed E-state index contributed by atoms with van der Waals surface area (Å²) in [6.07, 6.45) is 0.817. The number of halogens is 1. The molecule has 1 aromatic heterocycles. The lowest BCUT2D eigenvalue weighted by molar-refractivity contribution is 0.296. The first-order valence-electron chi connectivity index (χ1n) is 5.06. The maximum atomic E-state index is 5.77. The van der Waals surface area contributed by atoms with Crippen molar-refractivity contribution in [3.8, 4) is 5.75 Å². The average molecular weight is 238 g/mol. The van der Waals surface area contributed by atoms with E-state index in [9.17, 15) is 0 Å². The Bertz CT molecular complexity index is 453. The highest BCUT2D eigenvalue weighted by molar-refractivity contribution is 6.30. The molecule has 0 radical (unpaired) electrons. The Balaban J connectivity index is 1.94. The fourth-order valence-electron chi connectivity index (χ4n) is 1.24. The first-order chi connectivity index (χ1) is 7.78. The SMILES string of the molecule is CCc1n[nH]c(COc2ccc(Cl)cc2)n1. The number of hydrogen-bond acceptors (Lipinski definition) is 3. The van der Waals surface area contributed by atoms with Crippen molar-refractivity contribution in [1.29, 1.82) is 0 Å². The summed E-state index contributed by atoms with van der Waals surface area (Å²) in [6, 6.07) is 7.21.